The molecule has 0 radical (unpaired) electrons. The number of carbonyl (C=O) groups excluding carboxylic acids is 2. The van der Waals surface area contributed by atoms with Gasteiger partial charge in [0, 0.05) is 12.3 Å². The molecule has 0 aliphatic heterocycles. The first-order valence-corrected chi connectivity index (χ1v) is 18.2. The Hall–Kier alpha value is -1.06. The lowest BCUT2D eigenvalue weighted by atomic mass is 9.97. The number of amides is 2. The molecule has 0 spiro atoms. The maximum absolute atomic E-state index is 12.5. The molecule has 0 bridgehead atoms. The topological polar surface area (TPSA) is 58.2 Å². The van der Waals surface area contributed by atoms with Crippen molar-refractivity contribution in [1.82, 2.24) is 10.9 Å². The zero-order chi connectivity index (χ0) is 29.4. The van der Waals surface area contributed by atoms with Crippen LogP contribution in [0.1, 0.15) is 213 Å². The molecule has 238 valence electrons. The molecule has 0 saturated carbocycles. The minimum absolute atomic E-state index is 0.00830. The largest absolute Gasteiger partial charge is 0.273 e. The van der Waals surface area contributed by atoms with Crippen molar-refractivity contribution >= 4 is 11.8 Å². The third kappa shape index (κ3) is 28.5. The normalized spacial score (nSPS) is 12.0. The number of hydrogen-bond acceptors (Lipinski definition) is 2. The molecule has 0 fully saturated rings. The second-order valence-electron chi connectivity index (χ2n) is 12.5. The van der Waals surface area contributed by atoms with Crippen molar-refractivity contribution in [3.8, 4) is 0 Å². The summed E-state index contributed by atoms with van der Waals surface area (Å²) in [7, 11) is 0. The van der Waals surface area contributed by atoms with E-state index in [0.29, 0.717) is 6.42 Å². The second-order valence-corrected chi connectivity index (χ2v) is 12.5. The van der Waals surface area contributed by atoms with Crippen molar-refractivity contribution in [1.29, 1.82) is 0 Å². The van der Waals surface area contributed by atoms with Crippen LogP contribution in [0.25, 0.3) is 0 Å². The molecular weight excluding hydrogens is 492 g/mol. The Balaban J connectivity index is 3.53. The lowest BCUT2D eigenvalue weighted by Gasteiger charge is -2.15. The third-order valence-electron chi connectivity index (χ3n) is 8.60. The molecule has 0 heterocycles. The van der Waals surface area contributed by atoms with E-state index in [-0.39, 0.29) is 17.7 Å². The SMILES string of the molecule is CCCCCCCCCCCCCCCCC(CC)C(=O)NNC(=O)CCCCCCCCCCCCCCC. The Morgan fingerprint density at radius 2 is 0.750 bits per heavy atom. The molecule has 40 heavy (non-hydrogen) atoms. The van der Waals surface area contributed by atoms with Crippen LogP contribution in [0.3, 0.4) is 0 Å². The number of rotatable bonds is 31. The van der Waals surface area contributed by atoms with E-state index in [9.17, 15) is 9.59 Å². The summed E-state index contributed by atoms with van der Waals surface area (Å²) in [4.78, 5) is 24.6. The summed E-state index contributed by atoms with van der Waals surface area (Å²) < 4.78 is 0. The van der Waals surface area contributed by atoms with Crippen LogP contribution < -0.4 is 10.9 Å². The monoisotopic (exact) mass is 565 g/mol. The van der Waals surface area contributed by atoms with Crippen LogP contribution in [0.15, 0.2) is 0 Å². The van der Waals surface area contributed by atoms with Crippen molar-refractivity contribution in [3.63, 3.8) is 0 Å². The van der Waals surface area contributed by atoms with Crippen LogP contribution in [-0.2, 0) is 9.59 Å². The first-order chi connectivity index (χ1) is 19.7. The minimum atomic E-state index is -0.0530. The van der Waals surface area contributed by atoms with Crippen LogP contribution in [0.5, 0.6) is 0 Å². The molecule has 4 nitrogen and oxygen atoms in total. The fourth-order valence-corrected chi connectivity index (χ4v) is 5.71. The highest BCUT2D eigenvalue weighted by Gasteiger charge is 2.16. The maximum atomic E-state index is 12.5. The van der Waals surface area contributed by atoms with Gasteiger partial charge in [-0.1, -0.05) is 188 Å². The van der Waals surface area contributed by atoms with Gasteiger partial charge >= 0.3 is 0 Å². The van der Waals surface area contributed by atoms with E-state index in [1.165, 1.54) is 154 Å². The van der Waals surface area contributed by atoms with Crippen LogP contribution in [0.2, 0.25) is 0 Å². The molecular formula is C36H72N2O2. The van der Waals surface area contributed by atoms with Crippen molar-refractivity contribution < 1.29 is 9.59 Å². The summed E-state index contributed by atoms with van der Waals surface area (Å²) in [6, 6.07) is 0. The lowest BCUT2D eigenvalue weighted by molar-refractivity contribution is -0.131. The summed E-state index contributed by atoms with van der Waals surface area (Å²) in [5, 5.41) is 0. The molecule has 0 aliphatic rings. The lowest BCUT2D eigenvalue weighted by Crippen LogP contribution is -2.44. The average Bonchev–Trinajstić information content (AvgIpc) is 2.96. The minimum Gasteiger partial charge on any atom is -0.273 e. The average molecular weight is 565 g/mol. The van der Waals surface area contributed by atoms with Gasteiger partial charge in [0.25, 0.3) is 0 Å². The molecule has 0 rings (SSSR count). The molecule has 4 heteroatoms. The summed E-state index contributed by atoms with van der Waals surface area (Å²) in [5.41, 5.74) is 5.35. The van der Waals surface area contributed by atoms with E-state index < -0.39 is 0 Å². The van der Waals surface area contributed by atoms with Crippen molar-refractivity contribution in [2.45, 2.75) is 213 Å². The van der Waals surface area contributed by atoms with Crippen molar-refractivity contribution in [2.75, 3.05) is 0 Å². The molecule has 1 atom stereocenters. The molecule has 0 aromatic rings. The van der Waals surface area contributed by atoms with Gasteiger partial charge in [0.2, 0.25) is 11.8 Å². The third-order valence-corrected chi connectivity index (χ3v) is 8.60. The summed E-state index contributed by atoms with van der Waals surface area (Å²) in [6.45, 7) is 6.63. The highest BCUT2D eigenvalue weighted by molar-refractivity contribution is 5.83. The van der Waals surface area contributed by atoms with Gasteiger partial charge < -0.3 is 0 Å². The van der Waals surface area contributed by atoms with Crippen LogP contribution in [-0.4, -0.2) is 11.8 Å². The zero-order valence-corrected chi connectivity index (χ0v) is 27.6. The van der Waals surface area contributed by atoms with E-state index >= 15 is 0 Å². The predicted molar refractivity (Wildman–Crippen MR) is 175 cm³/mol. The summed E-state index contributed by atoms with van der Waals surface area (Å²) in [6.07, 6.45) is 38.1. The van der Waals surface area contributed by atoms with Gasteiger partial charge in [-0.15, -0.1) is 0 Å². The summed E-state index contributed by atoms with van der Waals surface area (Å²) >= 11 is 0. The Bertz CT molecular complexity index is 537. The predicted octanol–water partition coefficient (Wildman–Crippen LogP) is 11.5. The smallest absolute Gasteiger partial charge is 0.241 e. The van der Waals surface area contributed by atoms with Gasteiger partial charge in [-0.2, -0.15) is 0 Å². The second kappa shape index (κ2) is 32.5. The molecule has 0 aliphatic carbocycles. The van der Waals surface area contributed by atoms with Gasteiger partial charge in [0.1, 0.15) is 0 Å². The van der Waals surface area contributed by atoms with Crippen LogP contribution in [0, 0.1) is 5.92 Å². The Kier molecular flexibility index (Phi) is 31.6. The van der Waals surface area contributed by atoms with Crippen LogP contribution in [0.4, 0.5) is 0 Å². The summed E-state index contributed by atoms with van der Waals surface area (Å²) in [5.74, 6) is -0.0624. The number of unbranched alkanes of at least 4 members (excludes halogenated alkanes) is 25. The number of nitrogens with one attached hydrogen (secondary N) is 2. The van der Waals surface area contributed by atoms with E-state index in [4.69, 9.17) is 0 Å². The van der Waals surface area contributed by atoms with Gasteiger partial charge in [-0.25, -0.2) is 0 Å². The number of hydrazine groups is 1. The van der Waals surface area contributed by atoms with Crippen molar-refractivity contribution in [3.05, 3.63) is 0 Å². The standard InChI is InChI=1S/C36H72N2O2/c1-4-7-9-11-13-15-17-19-21-22-24-26-28-30-32-34(6-3)36(40)38-37-35(39)33-31-29-27-25-23-20-18-16-14-12-10-8-5-2/h34H,4-33H2,1-3H3,(H,37,39)(H,38,40). The number of carbonyl (C=O) groups is 2. The van der Waals surface area contributed by atoms with E-state index in [1.807, 2.05) is 0 Å². The van der Waals surface area contributed by atoms with Gasteiger partial charge in [-0.3, -0.25) is 20.4 Å². The van der Waals surface area contributed by atoms with Gasteiger partial charge in [0.15, 0.2) is 0 Å². The molecule has 1 unspecified atom stereocenters. The van der Waals surface area contributed by atoms with Gasteiger partial charge in [0.05, 0.1) is 0 Å². The Morgan fingerprint density at radius 1 is 0.425 bits per heavy atom. The van der Waals surface area contributed by atoms with Gasteiger partial charge in [-0.05, 0) is 19.3 Å². The highest BCUT2D eigenvalue weighted by atomic mass is 16.2. The van der Waals surface area contributed by atoms with E-state index in [1.54, 1.807) is 0 Å². The van der Waals surface area contributed by atoms with E-state index in [2.05, 4.69) is 31.6 Å². The van der Waals surface area contributed by atoms with Crippen molar-refractivity contribution in [2.24, 2.45) is 5.92 Å². The zero-order valence-electron chi connectivity index (χ0n) is 27.6. The Morgan fingerprint density at radius 3 is 1.10 bits per heavy atom. The fourth-order valence-electron chi connectivity index (χ4n) is 5.71. The Labute approximate surface area is 251 Å². The molecule has 0 aromatic heterocycles. The van der Waals surface area contributed by atoms with Crippen LogP contribution >= 0.6 is 0 Å². The van der Waals surface area contributed by atoms with E-state index in [0.717, 1.165) is 32.1 Å². The molecule has 0 aromatic carbocycles. The molecule has 0 saturated heterocycles. The first kappa shape index (κ1) is 38.9. The molecule has 2 N–H and O–H groups in total. The molecule has 2 amide bonds. The highest BCUT2D eigenvalue weighted by Crippen LogP contribution is 2.17. The fraction of sp³-hybridized carbons (Fsp3) is 0.944. The quantitative estimate of drug-likeness (QED) is 0.0649. The first-order valence-electron chi connectivity index (χ1n) is 18.2. The number of hydrogen-bond donors (Lipinski definition) is 2. The maximum Gasteiger partial charge on any atom is 0.241 e.